The first-order valence-electron chi connectivity index (χ1n) is 3.16. The molecule has 2 atom stereocenters. The molecular weight excluding hydrogens is 116 g/mol. The van der Waals surface area contributed by atoms with Crippen molar-refractivity contribution in [2.45, 2.75) is 33.0 Å². The van der Waals surface area contributed by atoms with E-state index >= 15 is 0 Å². The highest BCUT2D eigenvalue weighted by atomic mass is 16.6. The quantitative estimate of drug-likeness (QED) is 0.389. The van der Waals surface area contributed by atoms with Gasteiger partial charge in [0.25, 0.3) is 0 Å². The molecule has 0 aromatic rings. The van der Waals surface area contributed by atoms with Crippen molar-refractivity contribution in [3.8, 4) is 0 Å². The van der Waals surface area contributed by atoms with E-state index in [9.17, 15) is 4.79 Å². The number of epoxide rings is 1. The van der Waals surface area contributed by atoms with E-state index in [1.54, 1.807) is 0 Å². The zero-order chi connectivity index (χ0) is 7.07. The van der Waals surface area contributed by atoms with Gasteiger partial charge >= 0.3 is 0 Å². The molecule has 1 fully saturated rings. The van der Waals surface area contributed by atoms with Crippen LogP contribution < -0.4 is 0 Å². The van der Waals surface area contributed by atoms with Crippen LogP contribution in [0.1, 0.15) is 20.8 Å². The lowest BCUT2D eigenvalue weighted by molar-refractivity contribution is -0.108. The summed E-state index contributed by atoms with van der Waals surface area (Å²) in [6.45, 7) is 6.21. The molecule has 0 aliphatic carbocycles. The van der Waals surface area contributed by atoms with Crippen LogP contribution >= 0.6 is 0 Å². The van der Waals surface area contributed by atoms with Crippen molar-refractivity contribution in [3.63, 3.8) is 0 Å². The minimum atomic E-state index is -0.120. The molecule has 2 nitrogen and oxygen atoms in total. The lowest BCUT2D eigenvalue weighted by Gasteiger charge is -2.12. The van der Waals surface area contributed by atoms with Gasteiger partial charge in [-0.2, -0.15) is 0 Å². The highest BCUT2D eigenvalue weighted by Gasteiger charge is 2.46. The van der Waals surface area contributed by atoms with Crippen LogP contribution in [0.2, 0.25) is 0 Å². The first-order valence-corrected chi connectivity index (χ1v) is 3.16. The molecule has 2 heteroatoms. The summed E-state index contributed by atoms with van der Waals surface area (Å²) in [5.74, 6) is 0. The molecule has 0 spiro atoms. The van der Waals surface area contributed by atoms with E-state index in [1.807, 2.05) is 0 Å². The van der Waals surface area contributed by atoms with E-state index in [1.165, 1.54) is 0 Å². The molecule has 1 aliphatic heterocycles. The first kappa shape index (κ1) is 6.75. The highest BCUT2D eigenvalue weighted by Crippen LogP contribution is 2.36. The van der Waals surface area contributed by atoms with E-state index in [2.05, 4.69) is 20.8 Å². The van der Waals surface area contributed by atoms with Crippen molar-refractivity contribution in [1.82, 2.24) is 0 Å². The van der Waals surface area contributed by atoms with Crippen molar-refractivity contribution >= 4 is 6.29 Å². The van der Waals surface area contributed by atoms with Crippen LogP contribution in [0.25, 0.3) is 0 Å². The zero-order valence-electron chi connectivity index (χ0n) is 6.05. The second-order valence-electron chi connectivity index (χ2n) is 3.52. The van der Waals surface area contributed by atoms with Crippen LogP contribution in [0.4, 0.5) is 0 Å². The molecule has 1 heterocycles. The number of carbonyl (C=O) groups is 1. The second kappa shape index (κ2) is 1.81. The molecule has 1 aliphatic rings. The molecule has 1 saturated heterocycles. The van der Waals surface area contributed by atoms with Crippen molar-refractivity contribution in [3.05, 3.63) is 0 Å². The monoisotopic (exact) mass is 128 g/mol. The van der Waals surface area contributed by atoms with Crippen LogP contribution in [0.5, 0.6) is 0 Å². The third-order valence-electron chi connectivity index (χ3n) is 1.51. The Morgan fingerprint density at radius 3 is 2.11 bits per heavy atom. The summed E-state index contributed by atoms with van der Waals surface area (Å²) in [6.07, 6.45) is 0.913. The third kappa shape index (κ3) is 1.30. The first-order chi connectivity index (χ1) is 4.05. The molecule has 0 N–H and O–H groups in total. The molecule has 1 rings (SSSR count). The largest absolute Gasteiger partial charge is 0.361 e. The fourth-order valence-electron chi connectivity index (χ4n) is 0.924. The molecule has 52 valence electrons. The van der Waals surface area contributed by atoms with E-state index in [0.29, 0.717) is 0 Å². The molecule has 9 heavy (non-hydrogen) atoms. The van der Waals surface area contributed by atoms with Gasteiger partial charge in [0.05, 0.1) is 6.10 Å². The van der Waals surface area contributed by atoms with E-state index in [-0.39, 0.29) is 17.6 Å². The zero-order valence-corrected chi connectivity index (χ0v) is 6.05. The minimum Gasteiger partial charge on any atom is -0.361 e. The molecule has 2 unspecified atom stereocenters. The average Bonchev–Trinajstić information content (AvgIpc) is 2.39. The summed E-state index contributed by atoms with van der Waals surface area (Å²) in [4.78, 5) is 10.1. The number of rotatable bonds is 1. The molecule has 0 aromatic heterocycles. The summed E-state index contributed by atoms with van der Waals surface area (Å²) >= 11 is 0. The maximum absolute atomic E-state index is 10.1. The standard InChI is InChI=1S/C7H12O2/c1-7(2,3)6-5(4-8)9-6/h4-6H,1-3H3. The van der Waals surface area contributed by atoms with Crippen molar-refractivity contribution in [1.29, 1.82) is 0 Å². The Bertz CT molecular complexity index is 123. The Balaban J connectivity index is 2.42. The fraction of sp³-hybridized carbons (Fsp3) is 0.857. The predicted octanol–water partition coefficient (Wildman–Crippen LogP) is 0.999. The van der Waals surface area contributed by atoms with E-state index in [0.717, 1.165) is 6.29 Å². The van der Waals surface area contributed by atoms with Crippen molar-refractivity contribution in [2.75, 3.05) is 0 Å². The smallest absolute Gasteiger partial charge is 0.151 e. The van der Waals surface area contributed by atoms with Gasteiger partial charge in [0.15, 0.2) is 6.29 Å². The Kier molecular flexibility index (Phi) is 1.35. The van der Waals surface area contributed by atoms with E-state index < -0.39 is 0 Å². The van der Waals surface area contributed by atoms with Gasteiger partial charge in [-0.25, -0.2) is 0 Å². The maximum Gasteiger partial charge on any atom is 0.151 e. The van der Waals surface area contributed by atoms with Crippen molar-refractivity contribution in [2.24, 2.45) is 5.41 Å². The number of carbonyl (C=O) groups excluding carboxylic acids is 1. The summed E-state index contributed by atoms with van der Waals surface area (Å²) < 4.78 is 5.06. The Hall–Kier alpha value is -0.370. The normalized spacial score (nSPS) is 34.1. The van der Waals surface area contributed by atoms with Gasteiger partial charge in [0.1, 0.15) is 6.10 Å². The molecule has 0 radical (unpaired) electrons. The van der Waals surface area contributed by atoms with Crippen LogP contribution in [0.15, 0.2) is 0 Å². The number of ether oxygens (including phenoxy) is 1. The predicted molar refractivity (Wildman–Crippen MR) is 34.2 cm³/mol. The second-order valence-corrected chi connectivity index (χ2v) is 3.52. The highest BCUT2D eigenvalue weighted by molar-refractivity contribution is 5.60. The fourth-order valence-corrected chi connectivity index (χ4v) is 0.924. The molecule has 0 saturated carbocycles. The molecule has 0 aromatic carbocycles. The average molecular weight is 128 g/mol. The number of hydrogen-bond acceptors (Lipinski definition) is 2. The van der Waals surface area contributed by atoms with Crippen LogP contribution in [0.3, 0.4) is 0 Å². The Morgan fingerprint density at radius 1 is 1.44 bits per heavy atom. The summed E-state index contributed by atoms with van der Waals surface area (Å²) in [5, 5.41) is 0. The van der Waals surface area contributed by atoms with Crippen LogP contribution in [0, 0.1) is 5.41 Å². The molecule has 0 bridgehead atoms. The maximum atomic E-state index is 10.1. The summed E-state index contributed by atoms with van der Waals surface area (Å²) in [5.41, 5.74) is 0.131. The van der Waals surface area contributed by atoms with E-state index in [4.69, 9.17) is 4.74 Å². The van der Waals surface area contributed by atoms with Gasteiger partial charge in [-0.15, -0.1) is 0 Å². The number of aldehydes is 1. The molecule has 0 amide bonds. The van der Waals surface area contributed by atoms with Gasteiger partial charge < -0.3 is 9.53 Å². The van der Waals surface area contributed by atoms with Gasteiger partial charge in [-0.3, -0.25) is 0 Å². The van der Waals surface area contributed by atoms with Crippen molar-refractivity contribution < 1.29 is 9.53 Å². The van der Waals surface area contributed by atoms with Crippen LogP contribution in [-0.4, -0.2) is 18.5 Å². The molecular formula is C7H12O2. The van der Waals surface area contributed by atoms with Crippen LogP contribution in [-0.2, 0) is 9.53 Å². The Morgan fingerprint density at radius 2 is 2.00 bits per heavy atom. The summed E-state index contributed by atoms with van der Waals surface area (Å²) in [6, 6.07) is 0. The SMILES string of the molecule is CC(C)(C)C1OC1C=O. The topological polar surface area (TPSA) is 29.6 Å². The van der Waals surface area contributed by atoms with Gasteiger partial charge in [0, 0.05) is 0 Å². The number of hydrogen-bond donors (Lipinski definition) is 0. The lowest BCUT2D eigenvalue weighted by Crippen LogP contribution is -2.16. The lowest BCUT2D eigenvalue weighted by atomic mass is 9.90. The summed E-state index contributed by atoms with van der Waals surface area (Å²) in [7, 11) is 0. The van der Waals surface area contributed by atoms with Gasteiger partial charge in [-0.1, -0.05) is 20.8 Å². The minimum absolute atomic E-state index is 0.120. The van der Waals surface area contributed by atoms with Gasteiger partial charge in [-0.05, 0) is 5.41 Å². The third-order valence-corrected chi connectivity index (χ3v) is 1.51. The van der Waals surface area contributed by atoms with Gasteiger partial charge in [0.2, 0.25) is 0 Å². The Labute approximate surface area is 55.2 Å².